The molecule has 5 rings (SSSR count). The van der Waals surface area contributed by atoms with E-state index < -0.39 is 8.07 Å². The van der Waals surface area contributed by atoms with Gasteiger partial charge >= 0.3 is 0 Å². The van der Waals surface area contributed by atoms with E-state index in [1.54, 1.807) is 0 Å². The number of nitrogens with zero attached hydrogens (tertiary/aromatic N) is 6. The number of hydrogen-bond donors (Lipinski definition) is 0. The highest BCUT2D eigenvalue weighted by atomic mass is 28.3. The molecule has 1 atom stereocenters. The largest absolute Gasteiger partial charge is 0.377 e. The maximum absolute atomic E-state index is 5.87. The summed E-state index contributed by atoms with van der Waals surface area (Å²) in [5.41, 5.74) is 3.11. The van der Waals surface area contributed by atoms with Gasteiger partial charge in [-0.1, -0.05) is 25.7 Å². The average Bonchev–Trinajstić information content (AvgIpc) is 3.48. The van der Waals surface area contributed by atoms with E-state index >= 15 is 0 Å². The molecule has 0 radical (unpaired) electrons. The molecule has 2 aliphatic heterocycles. The highest BCUT2D eigenvalue weighted by molar-refractivity contribution is 6.76. The maximum atomic E-state index is 5.87. The Kier molecular flexibility index (Phi) is 7.06. The van der Waals surface area contributed by atoms with Gasteiger partial charge in [-0.25, -0.2) is 9.67 Å². The van der Waals surface area contributed by atoms with Crippen molar-refractivity contribution in [2.24, 2.45) is 0 Å². The van der Waals surface area contributed by atoms with Crippen molar-refractivity contribution in [3.8, 4) is 5.82 Å². The number of hydrogen-bond acceptors (Lipinski definition) is 7. The second-order valence-corrected chi connectivity index (χ2v) is 16.2. The van der Waals surface area contributed by atoms with Gasteiger partial charge in [0.2, 0.25) is 0 Å². The number of morpholine rings is 1. The van der Waals surface area contributed by atoms with E-state index in [2.05, 4.69) is 43.6 Å². The van der Waals surface area contributed by atoms with Crippen LogP contribution in [0.15, 0.2) is 30.6 Å². The molecular weight excluding hydrogens is 460 g/mol. The summed E-state index contributed by atoms with van der Waals surface area (Å²) in [6, 6.07) is 5.53. The van der Waals surface area contributed by atoms with E-state index in [1.165, 1.54) is 5.57 Å². The van der Waals surface area contributed by atoms with Crippen LogP contribution in [0.5, 0.6) is 0 Å². The van der Waals surface area contributed by atoms with Crippen molar-refractivity contribution in [1.82, 2.24) is 24.5 Å². The molecular formula is C25H36N6O3Si. The standard InChI is InChI=1S/C25H36N6O3Si/c1-19-16-33-11-9-30(19)24-14-21(20-6-5-10-32-17-20)22-15-26-31(25(22)27-24)23-7-8-29(28-23)18-34-12-13-35(2,3)4/h6-8,14-15,19H,5,9-13,16-18H2,1-4H3/t19-/m1/s1. The van der Waals surface area contributed by atoms with Crippen LogP contribution in [0.1, 0.15) is 18.9 Å². The zero-order valence-electron chi connectivity index (χ0n) is 21.2. The minimum absolute atomic E-state index is 0.252. The molecule has 0 spiro atoms. The van der Waals surface area contributed by atoms with Crippen LogP contribution in [0, 0.1) is 0 Å². The lowest BCUT2D eigenvalue weighted by Gasteiger charge is -2.34. The number of rotatable bonds is 8. The summed E-state index contributed by atoms with van der Waals surface area (Å²) >= 11 is 0. The first-order valence-corrected chi connectivity index (χ1v) is 16.2. The number of ether oxygens (including phenoxy) is 3. The van der Waals surface area contributed by atoms with Crippen LogP contribution in [-0.2, 0) is 20.9 Å². The summed E-state index contributed by atoms with van der Waals surface area (Å²) in [7, 11) is -1.11. The fourth-order valence-corrected chi connectivity index (χ4v) is 5.21. The zero-order chi connectivity index (χ0) is 24.4. The van der Waals surface area contributed by atoms with Crippen LogP contribution in [-0.4, -0.2) is 78.2 Å². The smallest absolute Gasteiger partial charge is 0.177 e. The molecule has 10 heteroatoms. The van der Waals surface area contributed by atoms with Crippen LogP contribution < -0.4 is 4.90 Å². The van der Waals surface area contributed by atoms with E-state index in [0.717, 1.165) is 60.5 Å². The quantitative estimate of drug-likeness (QED) is 0.345. The molecule has 0 aromatic carbocycles. The fourth-order valence-electron chi connectivity index (χ4n) is 4.45. The van der Waals surface area contributed by atoms with Gasteiger partial charge in [0.15, 0.2) is 11.5 Å². The van der Waals surface area contributed by atoms with Crippen molar-refractivity contribution >= 4 is 30.5 Å². The monoisotopic (exact) mass is 496 g/mol. The molecule has 1 fully saturated rings. The Bertz CT molecular complexity index is 1200. The van der Waals surface area contributed by atoms with Crippen molar-refractivity contribution in [3.63, 3.8) is 0 Å². The maximum Gasteiger partial charge on any atom is 0.177 e. The summed E-state index contributed by atoms with van der Waals surface area (Å²) in [4.78, 5) is 7.40. The van der Waals surface area contributed by atoms with Gasteiger partial charge in [0.05, 0.1) is 38.7 Å². The minimum atomic E-state index is -1.11. The van der Waals surface area contributed by atoms with Crippen LogP contribution in [0.25, 0.3) is 22.4 Å². The lowest BCUT2D eigenvalue weighted by molar-refractivity contribution is 0.0785. The van der Waals surface area contributed by atoms with Crippen molar-refractivity contribution < 1.29 is 14.2 Å². The lowest BCUT2D eigenvalue weighted by Crippen LogP contribution is -2.44. The van der Waals surface area contributed by atoms with E-state index in [-0.39, 0.29) is 6.04 Å². The highest BCUT2D eigenvalue weighted by Gasteiger charge is 2.24. The van der Waals surface area contributed by atoms with E-state index in [9.17, 15) is 0 Å². The fraction of sp³-hybridized carbons (Fsp3) is 0.560. The summed E-state index contributed by atoms with van der Waals surface area (Å²) in [5.74, 6) is 1.67. The van der Waals surface area contributed by atoms with Gasteiger partial charge in [-0.15, -0.1) is 0 Å². The summed E-state index contributed by atoms with van der Waals surface area (Å²) in [5, 5.41) is 10.4. The minimum Gasteiger partial charge on any atom is -0.377 e. The number of anilines is 1. The predicted molar refractivity (Wildman–Crippen MR) is 140 cm³/mol. The predicted octanol–water partition coefficient (Wildman–Crippen LogP) is 3.96. The molecule has 1 saturated heterocycles. The SMILES string of the molecule is C[C@@H]1COCCN1c1cc(C2=CCCOC2)c2cnn(-c3ccn(COCC[Si](C)(C)C)n3)c2n1. The molecule has 0 bridgehead atoms. The van der Waals surface area contributed by atoms with Crippen molar-refractivity contribution in [2.45, 2.75) is 51.8 Å². The Balaban J connectivity index is 1.47. The summed E-state index contributed by atoms with van der Waals surface area (Å²) in [6.45, 7) is 14.0. The molecule has 188 valence electrons. The molecule has 0 unspecified atom stereocenters. The molecule has 3 aromatic rings. The third-order valence-corrected chi connectivity index (χ3v) is 8.21. The number of pyridine rings is 1. The lowest BCUT2D eigenvalue weighted by atomic mass is 10.0. The first kappa shape index (κ1) is 24.2. The molecule has 2 aliphatic rings. The Morgan fingerprint density at radius 1 is 1.17 bits per heavy atom. The summed E-state index contributed by atoms with van der Waals surface area (Å²) in [6.07, 6.45) is 7.01. The number of fused-ring (bicyclic) bond motifs is 1. The second-order valence-electron chi connectivity index (χ2n) is 10.6. The third kappa shape index (κ3) is 5.50. The van der Waals surface area contributed by atoms with Crippen LogP contribution >= 0.6 is 0 Å². The summed E-state index contributed by atoms with van der Waals surface area (Å²) < 4.78 is 21.0. The van der Waals surface area contributed by atoms with E-state index in [1.807, 2.05) is 27.8 Å². The van der Waals surface area contributed by atoms with Crippen LogP contribution in [0.3, 0.4) is 0 Å². The average molecular weight is 497 g/mol. The first-order valence-electron chi connectivity index (χ1n) is 12.5. The van der Waals surface area contributed by atoms with Gasteiger partial charge in [0.1, 0.15) is 12.5 Å². The zero-order valence-corrected chi connectivity index (χ0v) is 22.2. The Morgan fingerprint density at radius 2 is 2.06 bits per heavy atom. The Labute approximate surface area is 207 Å². The van der Waals surface area contributed by atoms with Crippen molar-refractivity contribution in [1.29, 1.82) is 0 Å². The van der Waals surface area contributed by atoms with Gasteiger partial charge in [0, 0.05) is 38.9 Å². The van der Waals surface area contributed by atoms with Gasteiger partial charge < -0.3 is 19.1 Å². The normalized spacial score (nSPS) is 19.4. The Hall–Kier alpha value is -2.53. The van der Waals surface area contributed by atoms with Gasteiger partial charge in [-0.3, -0.25) is 0 Å². The van der Waals surface area contributed by atoms with Crippen molar-refractivity contribution in [3.05, 3.63) is 36.2 Å². The van der Waals surface area contributed by atoms with Gasteiger partial charge in [-0.05, 0) is 36.6 Å². The topological polar surface area (TPSA) is 79.5 Å². The molecule has 5 heterocycles. The number of aromatic nitrogens is 5. The molecule has 0 saturated carbocycles. The van der Waals surface area contributed by atoms with Crippen LogP contribution in [0.4, 0.5) is 5.82 Å². The molecule has 35 heavy (non-hydrogen) atoms. The molecule has 9 nitrogen and oxygen atoms in total. The van der Waals surface area contributed by atoms with Gasteiger partial charge in [0.25, 0.3) is 0 Å². The molecule has 0 amide bonds. The molecule has 3 aromatic heterocycles. The van der Waals surface area contributed by atoms with E-state index in [4.69, 9.17) is 29.4 Å². The molecule has 0 N–H and O–H groups in total. The second kappa shape index (κ2) is 10.2. The Morgan fingerprint density at radius 3 is 2.83 bits per heavy atom. The first-order chi connectivity index (χ1) is 16.9. The highest BCUT2D eigenvalue weighted by Crippen LogP contribution is 2.32. The third-order valence-electron chi connectivity index (χ3n) is 6.51. The van der Waals surface area contributed by atoms with Gasteiger partial charge in [-0.2, -0.15) is 14.9 Å². The van der Waals surface area contributed by atoms with Crippen molar-refractivity contribution in [2.75, 3.05) is 44.5 Å². The van der Waals surface area contributed by atoms with Crippen LogP contribution in [0.2, 0.25) is 25.7 Å². The van der Waals surface area contributed by atoms with E-state index in [0.29, 0.717) is 26.6 Å². The molecule has 0 aliphatic carbocycles.